The summed E-state index contributed by atoms with van der Waals surface area (Å²) in [5, 5.41) is 0. The molecular formula is C19H27N5. The van der Waals surface area contributed by atoms with E-state index >= 15 is 0 Å². The summed E-state index contributed by atoms with van der Waals surface area (Å²) in [4.78, 5) is 18.3. The Bertz CT molecular complexity index is 701. The maximum Gasteiger partial charge on any atom is 0.133 e. The van der Waals surface area contributed by atoms with Crippen LogP contribution in [0.25, 0.3) is 0 Å². The van der Waals surface area contributed by atoms with Gasteiger partial charge in [0.05, 0.1) is 0 Å². The van der Waals surface area contributed by atoms with Crippen molar-refractivity contribution in [3.63, 3.8) is 0 Å². The van der Waals surface area contributed by atoms with Crippen LogP contribution in [0.2, 0.25) is 0 Å². The molecule has 128 valence electrons. The number of anilines is 1. The molecule has 0 atom stereocenters. The van der Waals surface area contributed by atoms with Gasteiger partial charge in [0.25, 0.3) is 0 Å². The normalized spacial score (nSPS) is 15.2. The van der Waals surface area contributed by atoms with Gasteiger partial charge in [-0.2, -0.15) is 0 Å². The van der Waals surface area contributed by atoms with Gasteiger partial charge in [0, 0.05) is 69.2 Å². The Balaban J connectivity index is 1.69. The van der Waals surface area contributed by atoms with Crippen LogP contribution in [0, 0.1) is 0 Å². The molecule has 1 aliphatic rings. The minimum absolute atomic E-state index is 0.00597. The highest BCUT2D eigenvalue weighted by Crippen LogP contribution is 2.23. The first-order chi connectivity index (χ1) is 11.3. The van der Waals surface area contributed by atoms with Crippen LogP contribution in [0.3, 0.4) is 0 Å². The molecule has 0 aromatic carbocycles. The smallest absolute Gasteiger partial charge is 0.133 e. The number of nitrogens with zero attached hydrogens (tertiary/aromatic N) is 5. The lowest BCUT2D eigenvalue weighted by Gasteiger charge is -2.29. The van der Waals surface area contributed by atoms with Crippen molar-refractivity contribution in [1.29, 1.82) is 0 Å². The van der Waals surface area contributed by atoms with Gasteiger partial charge in [-0.15, -0.1) is 0 Å². The van der Waals surface area contributed by atoms with Gasteiger partial charge in [0.1, 0.15) is 11.6 Å². The third-order valence-corrected chi connectivity index (χ3v) is 4.36. The minimum Gasteiger partial charge on any atom is -0.363 e. The Morgan fingerprint density at radius 2 is 1.92 bits per heavy atom. The maximum absolute atomic E-state index is 4.80. The molecule has 5 nitrogen and oxygen atoms in total. The lowest BCUT2D eigenvalue weighted by Crippen LogP contribution is -2.32. The SMILES string of the molecule is CN(C)c1ccc(CN2CCc3nc(C(C)(C)C)ncc3C2)cn1. The third-order valence-electron chi connectivity index (χ3n) is 4.36. The van der Waals surface area contributed by atoms with Crippen molar-refractivity contribution < 1.29 is 0 Å². The fraction of sp³-hybridized carbons (Fsp3) is 0.526. The fourth-order valence-electron chi connectivity index (χ4n) is 2.90. The second-order valence-electron chi connectivity index (χ2n) is 7.80. The topological polar surface area (TPSA) is 45.2 Å². The first-order valence-corrected chi connectivity index (χ1v) is 8.53. The molecule has 3 heterocycles. The summed E-state index contributed by atoms with van der Waals surface area (Å²) < 4.78 is 0. The monoisotopic (exact) mass is 325 g/mol. The predicted octanol–water partition coefficient (Wildman–Crippen LogP) is 2.79. The summed E-state index contributed by atoms with van der Waals surface area (Å²) in [6.45, 7) is 9.34. The van der Waals surface area contributed by atoms with Gasteiger partial charge in [-0.1, -0.05) is 26.8 Å². The molecule has 3 rings (SSSR count). The van der Waals surface area contributed by atoms with E-state index in [1.54, 1.807) is 0 Å². The van der Waals surface area contributed by atoms with E-state index in [0.717, 1.165) is 37.7 Å². The number of hydrogen-bond donors (Lipinski definition) is 0. The molecule has 0 fully saturated rings. The van der Waals surface area contributed by atoms with Gasteiger partial charge in [-0.25, -0.2) is 15.0 Å². The van der Waals surface area contributed by atoms with Crippen LogP contribution in [-0.2, 0) is 24.9 Å². The molecule has 0 radical (unpaired) electrons. The summed E-state index contributed by atoms with van der Waals surface area (Å²) in [6.07, 6.45) is 4.98. The van der Waals surface area contributed by atoms with Crippen LogP contribution < -0.4 is 4.90 Å². The predicted molar refractivity (Wildman–Crippen MR) is 97.1 cm³/mol. The van der Waals surface area contributed by atoms with Crippen molar-refractivity contribution in [2.45, 2.75) is 45.7 Å². The zero-order valence-electron chi connectivity index (χ0n) is 15.4. The average Bonchev–Trinajstić information content (AvgIpc) is 2.54. The molecule has 0 N–H and O–H groups in total. The molecule has 2 aromatic rings. The zero-order valence-corrected chi connectivity index (χ0v) is 15.4. The molecule has 0 saturated carbocycles. The van der Waals surface area contributed by atoms with Crippen molar-refractivity contribution in [2.75, 3.05) is 25.5 Å². The van der Waals surface area contributed by atoms with E-state index in [2.05, 4.69) is 47.8 Å². The number of hydrogen-bond acceptors (Lipinski definition) is 5. The van der Waals surface area contributed by atoms with E-state index in [1.807, 2.05) is 31.4 Å². The van der Waals surface area contributed by atoms with Gasteiger partial charge >= 0.3 is 0 Å². The minimum atomic E-state index is 0.00597. The Labute approximate surface area is 144 Å². The molecule has 0 saturated heterocycles. The molecule has 0 amide bonds. The maximum atomic E-state index is 4.80. The van der Waals surface area contributed by atoms with Gasteiger partial charge in [-0.05, 0) is 11.6 Å². The molecule has 1 aliphatic heterocycles. The average molecular weight is 325 g/mol. The Morgan fingerprint density at radius 3 is 2.54 bits per heavy atom. The Hall–Kier alpha value is -2.01. The highest BCUT2D eigenvalue weighted by atomic mass is 15.1. The van der Waals surface area contributed by atoms with Crippen molar-refractivity contribution >= 4 is 5.82 Å². The van der Waals surface area contributed by atoms with E-state index in [9.17, 15) is 0 Å². The standard InChI is InChI=1S/C19H27N5/c1-19(2,3)18-21-11-15-13-24(9-8-16(15)22-18)12-14-6-7-17(20-10-14)23(4)5/h6-7,10-11H,8-9,12-13H2,1-5H3. The van der Waals surface area contributed by atoms with Gasteiger partial charge in [-0.3, -0.25) is 4.90 Å². The number of pyridine rings is 1. The van der Waals surface area contributed by atoms with Crippen molar-refractivity contribution in [3.8, 4) is 0 Å². The number of rotatable bonds is 3. The van der Waals surface area contributed by atoms with Crippen LogP contribution in [0.5, 0.6) is 0 Å². The van der Waals surface area contributed by atoms with E-state index < -0.39 is 0 Å². The number of aromatic nitrogens is 3. The van der Waals surface area contributed by atoms with Gasteiger partial charge < -0.3 is 4.90 Å². The molecule has 0 bridgehead atoms. The zero-order chi connectivity index (χ0) is 17.3. The molecule has 5 heteroatoms. The first-order valence-electron chi connectivity index (χ1n) is 8.53. The van der Waals surface area contributed by atoms with Gasteiger partial charge in [0.2, 0.25) is 0 Å². The van der Waals surface area contributed by atoms with E-state index in [0.29, 0.717) is 0 Å². The van der Waals surface area contributed by atoms with Crippen LogP contribution in [0.1, 0.15) is 43.4 Å². The van der Waals surface area contributed by atoms with Crippen LogP contribution >= 0.6 is 0 Å². The van der Waals surface area contributed by atoms with Crippen LogP contribution in [-0.4, -0.2) is 40.5 Å². The Morgan fingerprint density at radius 1 is 1.12 bits per heavy atom. The Kier molecular flexibility index (Phi) is 4.54. The molecule has 0 aliphatic carbocycles. The third kappa shape index (κ3) is 3.73. The highest BCUT2D eigenvalue weighted by molar-refractivity contribution is 5.37. The van der Waals surface area contributed by atoms with Gasteiger partial charge in [0.15, 0.2) is 0 Å². The van der Waals surface area contributed by atoms with E-state index in [4.69, 9.17) is 4.98 Å². The summed E-state index contributed by atoms with van der Waals surface area (Å²) in [5.74, 6) is 1.93. The first kappa shape index (κ1) is 16.8. The molecule has 0 spiro atoms. The summed E-state index contributed by atoms with van der Waals surface area (Å²) in [5.41, 5.74) is 3.72. The molecule has 24 heavy (non-hydrogen) atoms. The highest BCUT2D eigenvalue weighted by Gasteiger charge is 2.22. The molecule has 0 unspecified atom stereocenters. The lowest BCUT2D eigenvalue weighted by atomic mass is 9.95. The summed E-state index contributed by atoms with van der Waals surface area (Å²) in [7, 11) is 4.02. The largest absolute Gasteiger partial charge is 0.363 e. The fourth-order valence-corrected chi connectivity index (χ4v) is 2.90. The lowest BCUT2D eigenvalue weighted by molar-refractivity contribution is 0.242. The second kappa shape index (κ2) is 6.48. The second-order valence-corrected chi connectivity index (χ2v) is 7.80. The van der Waals surface area contributed by atoms with Crippen LogP contribution in [0.4, 0.5) is 5.82 Å². The molecular weight excluding hydrogens is 298 g/mol. The summed E-state index contributed by atoms with van der Waals surface area (Å²) in [6, 6.07) is 4.24. The molecule has 2 aromatic heterocycles. The van der Waals surface area contributed by atoms with Crippen molar-refractivity contribution in [2.24, 2.45) is 0 Å². The van der Waals surface area contributed by atoms with Crippen molar-refractivity contribution in [1.82, 2.24) is 19.9 Å². The van der Waals surface area contributed by atoms with E-state index in [-0.39, 0.29) is 5.41 Å². The van der Waals surface area contributed by atoms with Crippen molar-refractivity contribution in [3.05, 3.63) is 47.2 Å². The quantitative estimate of drug-likeness (QED) is 0.868. The van der Waals surface area contributed by atoms with E-state index in [1.165, 1.54) is 16.8 Å². The van der Waals surface area contributed by atoms with Crippen LogP contribution in [0.15, 0.2) is 24.5 Å². The summed E-state index contributed by atoms with van der Waals surface area (Å²) >= 11 is 0. The number of fused-ring (bicyclic) bond motifs is 1.